The van der Waals surface area contributed by atoms with E-state index in [0.717, 1.165) is 18.6 Å². The highest BCUT2D eigenvalue weighted by atomic mass is 35.5. The van der Waals surface area contributed by atoms with Crippen LogP contribution in [0.3, 0.4) is 0 Å². The summed E-state index contributed by atoms with van der Waals surface area (Å²) in [6.45, 7) is 4.34. The van der Waals surface area contributed by atoms with Gasteiger partial charge in [-0.3, -0.25) is 0 Å². The fourth-order valence-corrected chi connectivity index (χ4v) is 2.01. The van der Waals surface area contributed by atoms with Gasteiger partial charge in [-0.2, -0.15) is 0 Å². The predicted octanol–water partition coefficient (Wildman–Crippen LogP) is 4.21. The van der Waals surface area contributed by atoms with Crippen LogP contribution in [0, 0.1) is 0 Å². The second-order valence-electron chi connectivity index (χ2n) is 3.87. The highest BCUT2D eigenvalue weighted by Crippen LogP contribution is 2.27. The highest BCUT2D eigenvalue weighted by Gasteiger charge is 2.15. The normalized spacial score (nSPS) is 14.7. The Labute approximate surface area is 97.4 Å². The van der Waals surface area contributed by atoms with Crippen LogP contribution in [0.15, 0.2) is 24.3 Å². The molecule has 0 aromatic heterocycles. The molecule has 2 atom stereocenters. The average Bonchev–Trinajstić information content (AvgIpc) is 2.28. The Bertz CT molecular complexity index is 281. The minimum absolute atomic E-state index is 0.225. The smallest absolute Gasteiger partial charge is 0.118 e. The molecule has 1 aromatic rings. The summed E-state index contributed by atoms with van der Waals surface area (Å²) in [5.41, 5.74) is 1.28. The highest BCUT2D eigenvalue weighted by molar-refractivity contribution is 6.21. The second kappa shape index (κ2) is 6.02. The van der Waals surface area contributed by atoms with Crippen LogP contribution in [0.2, 0.25) is 0 Å². The van der Waals surface area contributed by atoms with Gasteiger partial charge in [0.25, 0.3) is 0 Å². The molecule has 0 aliphatic carbocycles. The molecule has 0 amide bonds. The molecule has 2 heteroatoms. The van der Waals surface area contributed by atoms with E-state index in [-0.39, 0.29) is 5.38 Å². The van der Waals surface area contributed by atoms with Crippen molar-refractivity contribution in [1.82, 2.24) is 0 Å². The summed E-state index contributed by atoms with van der Waals surface area (Å²) < 4.78 is 5.12. The van der Waals surface area contributed by atoms with Gasteiger partial charge in [-0.1, -0.05) is 32.4 Å². The molecular weight excluding hydrogens is 208 g/mol. The summed E-state index contributed by atoms with van der Waals surface area (Å²) in [5, 5.41) is 0.225. The van der Waals surface area contributed by atoms with Gasteiger partial charge in [0.15, 0.2) is 0 Å². The minimum atomic E-state index is 0.225. The average molecular weight is 227 g/mol. The van der Waals surface area contributed by atoms with Gasteiger partial charge in [0.2, 0.25) is 0 Å². The zero-order chi connectivity index (χ0) is 11.3. The minimum Gasteiger partial charge on any atom is -0.497 e. The number of halogens is 1. The molecular formula is C13H19ClO. The molecule has 0 spiro atoms. The van der Waals surface area contributed by atoms with E-state index in [2.05, 4.69) is 26.0 Å². The third-order valence-corrected chi connectivity index (χ3v) is 3.34. The van der Waals surface area contributed by atoms with Crippen LogP contribution < -0.4 is 4.74 Å². The van der Waals surface area contributed by atoms with Crippen molar-refractivity contribution in [2.24, 2.45) is 0 Å². The van der Waals surface area contributed by atoms with Crippen LogP contribution in [-0.2, 0) is 0 Å². The number of benzene rings is 1. The molecule has 2 unspecified atom stereocenters. The Morgan fingerprint density at radius 3 is 2.33 bits per heavy atom. The maximum Gasteiger partial charge on any atom is 0.118 e. The fourth-order valence-electron chi connectivity index (χ4n) is 1.64. The molecule has 0 saturated carbocycles. The number of methoxy groups -OCH3 is 1. The first-order valence-electron chi connectivity index (χ1n) is 5.47. The molecule has 0 saturated heterocycles. The van der Waals surface area contributed by atoms with E-state index in [9.17, 15) is 0 Å². The Hall–Kier alpha value is -0.690. The summed E-state index contributed by atoms with van der Waals surface area (Å²) in [7, 11) is 1.68. The zero-order valence-corrected chi connectivity index (χ0v) is 10.4. The number of hydrogen-bond donors (Lipinski definition) is 0. The van der Waals surface area contributed by atoms with Crippen molar-refractivity contribution in [2.45, 2.75) is 38.0 Å². The van der Waals surface area contributed by atoms with E-state index in [0.29, 0.717) is 5.92 Å². The van der Waals surface area contributed by atoms with E-state index in [1.807, 2.05) is 12.1 Å². The SMILES string of the molecule is CCCC(Cl)C(C)c1ccc(OC)cc1. The summed E-state index contributed by atoms with van der Waals surface area (Å²) in [6.07, 6.45) is 2.20. The van der Waals surface area contributed by atoms with Gasteiger partial charge in [-0.15, -0.1) is 11.6 Å². The largest absolute Gasteiger partial charge is 0.497 e. The summed E-state index contributed by atoms with van der Waals surface area (Å²) in [6, 6.07) is 8.16. The second-order valence-corrected chi connectivity index (χ2v) is 4.43. The van der Waals surface area contributed by atoms with Crippen LogP contribution in [-0.4, -0.2) is 12.5 Å². The Morgan fingerprint density at radius 2 is 1.87 bits per heavy atom. The van der Waals surface area contributed by atoms with Crippen molar-refractivity contribution < 1.29 is 4.74 Å². The molecule has 0 bridgehead atoms. The van der Waals surface area contributed by atoms with E-state index in [1.54, 1.807) is 7.11 Å². The fraction of sp³-hybridized carbons (Fsp3) is 0.538. The molecule has 0 N–H and O–H groups in total. The molecule has 1 aromatic carbocycles. The molecule has 0 fully saturated rings. The number of alkyl halides is 1. The first-order valence-corrected chi connectivity index (χ1v) is 5.90. The van der Waals surface area contributed by atoms with Gasteiger partial charge >= 0.3 is 0 Å². The quantitative estimate of drug-likeness (QED) is 0.684. The van der Waals surface area contributed by atoms with Crippen LogP contribution >= 0.6 is 11.6 Å². The van der Waals surface area contributed by atoms with Crippen molar-refractivity contribution >= 4 is 11.6 Å². The lowest BCUT2D eigenvalue weighted by Crippen LogP contribution is -2.09. The first-order chi connectivity index (χ1) is 7.19. The van der Waals surface area contributed by atoms with Crippen molar-refractivity contribution in [1.29, 1.82) is 0 Å². The van der Waals surface area contributed by atoms with Gasteiger partial charge in [-0.25, -0.2) is 0 Å². The third-order valence-electron chi connectivity index (χ3n) is 2.75. The van der Waals surface area contributed by atoms with E-state index >= 15 is 0 Å². The lowest BCUT2D eigenvalue weighted by Gasteiger charge is -2.17. The van der Waals surface area contributed by atoms with Crippen molar-refractivity contribution in [2.75, 3.05) is 7.11 Å². The molecule has 1 nitrogen and oxygen atoms in total. The molecule has 1 rings (SSSR count). The molecule has 0 aliphatic heterocycles. The van der Waals surface area contributed by atoms with Gasteiger partial charge in [0, 0.05) is 5.38 Å². The Morgan fingerprint density at radius 1 is 1.27 bits per heavy atom. The van der Waals surface area contributed by atoms with E-state index in [4.69, 9.17) is 16.3 Å². The van der Waals surface area contributed by atoms with Crippen LogP contribution in [0.1, 0.15) is 38.2 Å². The van der Waals surface area contributed by atoms with Gasteiger partial charge in [0.1, 0.15) is 5.75 Å². The topological polar surface area (TPSA) is 9.23 Å². The molecule has 15 heavy (non-hydrogen) atoms. The first kappa shape index (κ1) is 12.4. The Kier molecular flexibility index (Phi) is 4.97. The lowest BCUT2D eigenvalue weighted by molar-refractivity contribution is 0.414. The zero-order valence-electron chi connectivity index (χ0n) is 9.66. The molecule has 84 valence electrons. The van der Waals surface area contributed by atoms with Gasteiger partial charge in [0.05, 0.1) is 7.11 Å². The standard InChI is InChI=1S/C13H19ClO/c1-4-5-13(14)10(2)11-6-8-12(15-3)9-7-11/h6-10,13H,4-5H2,1-3H3. The maximum absolute atomic E-state index is 6.31. The number of ether oxygens (including phenoxy) is 1. The molecule has 0 heterocycles. The maximum atomic E-state index is 6.31. The van der Waals surface area contributed by atoms with Gasteiger partial charge < -0.3 is 4.74 Å². The van der Waals surface area contributed by atoms with Crippen molar-refractivity contribution in [3.63, 3.8) is 0 Å². The summed E-state index contributed by atoms with van der Waals surface area (Å²) in [5.74, 6) is 1.30. The van der Waals surface area contributed by atoms with Crippen LogP contribution in [0.5, 0.6) is 5.75 Å². The monoisotopic (exact) mass is 226 g/mol. The Balaban J connectivity index is 2.69. The van der Waals surface area contributed by atoms with Crippen molar-refractivity contribution in [3.8, 4) is 5.75 Å². The molecule has 0 radical (unpaired) electrons. The van der Waals surface area contributed by atoms with Crippen molar-refractivity contribution in [3.05, 3.63) is 29.8 Å². The van der Waals surface area contributed by atoms with E-state index < -0.39 is 0 Å². The number of hydrogen-bond acceptors (Lipinski definition) is 1. The molecule has 0 aliphatic rings. The lowest BCUT2D eigenvalue weighted by atomic mass is 9.95. The summed E-state index contributed by atoms with van der Waals surface area (Å²) in [4.78, 5) is 0. The third kappa shape index (κ3) is 3.42. The summed E-state index contributed by atoms with van der Waals surface area (Å²) >= 11 is 6.31. The predicted molar refractivity (Wildman–Crippen MR) is 66.0 cm³/mol. The van der Waals surface area contributed by atoms with Crippen LogP contribution in [0.25, 0.3) is 0 Å². The number of rotatable bonds is 5. The van der Waals surface area contributed by atoms with Crippen LogP contribution in [0.4, 0.5) is 0 Å². The van der Waals surface area contributed by atoms with Gasteiger partial charge in [-0.05, 0) is 30.0 Å². The van der Waals surface area contributed by atoms with E-state index in [1.165, 1.54) is 5.56 Å².